The second-order valence-corrected chi connectivity index (χ2v) is 4.71. The summed E-state index contributed by atoms with van der Waals surface area (Å²) in [6, 6.07) is 3.79. The summed E-state index contributed by atoms with van der Waals surface area (Å²) in [5.41, 5.74) is 0.224. The molecule has 122 valence electrons. The van der Waals surface area contributed by atoms with Gasteiger partial charge in [-0.15, -0.1) is 0 Å². The van der Waals surface area contributed by atoms with Gasteiger partial charge in [-0.25, -0.2) is 4.79 Å². The number of rotatable bonds is 6. The number of hydrogen-bond donors (Lipinski definition) is 2. The first-order valence-electron chi connectivity index (χ1n) is 6.15. The van der Waals surface area contributed by atoms with E-state index in [1.54, 1.807) is 0 Å². The highest BCUT2D eigenvalue weighted by atomic mass is 35.5. The Hall–Kier alpha value is -2.68. The van der Waals surface area contributed by atoms with Crippen molar-refractivity contribution in [1.29, 1.82) is 0 Å². The molecule has 1 amide bonds. The fourth-order valence-electron chi connectivity index (χ4n) is 1.68. The number of carboxylic acids is 1. The molecule has 0 saturated carbocycles. The molecule has 23 heavy (non-hydrogen) atoms. The van der Waals surface area contributed by atoms with Crippen molar-refractivity contribution in [1.82, 2.24) is 9.78 Å². The van der Waals surface area contributed by atoms with E-state index in [-0.39, 0.29) is 28.6 Å². The predicted molar refractivity (Wildman–Crippen MR) is 75.9 cm³/mol. The van der Waals surface area contributed by atoms with Crippen LogP contribution in [0.2, 0.25) is 5.02 Å². The lowest BCUT2D eigenvalue weighted by Crippen LogP contribution is -2.19. The van der Waals surface area contributed by atoms with Gasteiger partial charge in [-0.05, 0) is 18.2 Å². The number of alkyl halides is 2. The summed E-state index contributed by atoms with van der Waals surface area (Å²) in [5, 5.41) is 14.9. The Balaban J connectivity index is 1.99. The van der Waals surface area contributed by atoms with Crippen molar-refractivity contribution in [3.8, 4) is 5.75 Å². The number of halogens is 3. The van der Waals surface area contributed by atoms with Gasteiger partial charge >= 0.3 is 12.6 Å². The zero-order valence-corrected chi connectivity index (χ0v) is 12.1. The van der Waals surface area contributed by atoms with Gasteiger partial charge in [0.15, 0.2) is 0 Å². The van der Waals surface area contributed by atoms with Crippen molar-refractivity contribution in [2.24, 2.45) is 0 Å². The molecule has 0 fully saturated rings. The molecule has 0 aliphatic rings. The monoisotopic (exact) mass is 345 g/mol. The van der Waals surface area contributed by atoms with E-state index in [9.17, 15) is 18.4 Å². The van der Waals surface area contributed by atoms with E-state index in [0.717, 1.165) is 10.9 Å². The van der Waals surface area contributed by atoms with E-state index in [4.69, 9.17) is 16.7 Å². The van der Waals surface area contributed by atoms with Crippen molar-refractivity contribution >= 4 is 29.2 Å². The van der Waals surface area contributed by atoms with Gasteiger partial charge in [0, 0.05) is 11.9 Å². The van der Waals surface area contributed by atoms with Crippen LogP contribution in [0.4, 0.5) is 14.5 Å². The van der Waals surface area contributed by atoms with Crippen molar-refractivity contribution in [2.75, 3.05) is 5.32 Å². The molecule has 0 aliphatic carbocycles. The van der Waals surface area contributed by atoms with Crippen LogP contribution in [0.3, 0.4) is 0 Å². The summed E-state index contributed by atoms with van der Waals surface area (Å²) in [7, 11) is 0. The van der Waals surface area contributed by atoms with Gasteiger partial charge in [0.2, 0.25) is 5.91 Å². The second kappa shape index (κ2) is 7.05. The Bertz CT molecular complexity index is 736. The molecule has 2 N–H and O–H groups in total. The van der Waals surface area contributed by atoms with Crippen LogP contribution in [0.5, 0.6) is 5.75 Å². The standard InChI is InChI=1S/C13H10ClF2N3O4/c14-9-3-8(1-2-10(9)23-13(15)16)18-11(20)6-19-5-7(4-17-19)12(21)22/h1-5,13H,6H2,(H,18,20)(H,21,22). The third-order valence-corrected chi connectivity index (χ3v) is 2.91. The first kappa shape index (κ1) is 16.7. The SMILES string of the molecule is O=C(Cn1cc(C(=O)O)cn1)Nc1ccc(OC(F)F)c(Cl)c1. The number of carboxylic acid groups (broad SMARTS) is 1. The Morgan fingerprint density at radius 3 is 2.74 bits per heavy atom. The smallest absolute Gasteiger partial charge is 0.387 e. The van der Waals surface area contributed by atoms with Gasteiger partial charge in [-0.1, -0.05) is 11.6 Å². The van der Waals surface area contributed by atoms with Crippen LogP contribution in [0.1, 0.15) is 10.4 Å². The second-order valence-electron chi connectivity index (χ2n) is 4.30. The lowest BCUT2D eigenvalue weighted by Gasteiger charge is -2.09. The molecule has 0 spiro atoms. The number of amides is 1. The number of anilines is 1. The van der Waals surface area contributed by atoms with Gasteiger partial charge in [0.05, 0.1) is 16.8 Å². The highest BCUT2D eigenvalue weighted by Gasteiger charge is 2.12. The summed E-state index contributed by atoms with van der Waals surface area (Å²) in [6.45, 7) is -3.23. The summed E-state index contributed by atoms with van der Waals surface area (Å²) in [6.07, 6.45) is 2.32. The summed E-state index contributed by atoms with van der Waals surface area (Å²) >= 11 is 5.76. The van der Waals surface area contributed by atoms with Crippen LogP contribution in [-0.4, -0.2) is 33.4 Å². The quantitative estimate of drug-likeness (QED) is 0.839. The van der Waals surface area contributed by atoms with Gasteiger partial charge in [0.25, 0.3) is 0 Å². The Labute approximate surface area is 133 Å². The highest BCUT2D eigenvalue weighted by Crippen LogP contribution is 2.28. The van der Waals surface area contributed by atoms with E-state index in [2.05, 4.69) is 15.2 Å². The molecule has 0 saturated heterocycles. The van der Waals surface area contributed by atoms with Crippen LogP contribution in [-0.2, 0) is 11.3 Å². The average molecular weight is 346 g/mol. The van der Waals surface area contributed by atoms with E-state index >= 15 is 0 Å². The maximum atomic E-state index is 12.1. The molecule has 0 unspecified atom stereocenters. The van der Waals surface area contributed by atoms with Crippen LogP contribution in [0, 0.1) is 0 Å². The van der Waals surface area contributed by atoms with Crippen LogP contribution < -0.4 is 10.1 Å². The number of carbonyl (C=O) groups excluding carboxylic acids is 1. The zero-order valence-electron chi connectivity index (χ0n) is 11.4. The van der Waals surface area contributed by atoms with Crippen molar-refractivity contribution in [3.05, 3.63) is 41.2 Å². The molecular formula is C13H10ClF2N3O4. The lowest BCUT2D eigenvalue weighted by molar-refractivity contribution is -0.116. The summed E-state index contributed by atoms with van der Waals surface area (Å²) in [4.78, 5) is 22.5. The molecule has 0 radical (unpaired) electrons. The van der Waals surface area contributed by atoms with Crippen molar-refractivity contribution in [2.45, 2.75) is 13.2 Å². The Morgan fingerprint density at radius 2 is 2.17 bits per heavy atom. The fraction of sp³-hybridized carbons (Fsp3) is 0.154. The Kier molecular flexibility index (Phi) is 5.12. The maximum Gasteiger partial charge on any atom is 0.387 e. The topological polar surface area (TPSA) is 93.5 Å². The third kappa shape index (κ3) is 4.65. The van der Waals surface area contributed by atoms with Crippen molar-refractivity contribution in [3.63, 3.8) is 0 Å². The van der Waals surface area contributed by atoms with Crippen molar-refractivity contribution < 1.29 is 28.2 Å². The third-order valence-electron chi connectivity index (χ3n) is 2.62. The Morgan fingerprint density at radius 1 is 1.43 bits per heavy atom. The minimum atomic E-state index is -3.00. The minimum Gasteiger partial charge on any atom is -0.478 e. The molecule has 2 aromatic rings. The fourth-order valence-corrected chi connectivity index (χ4v) is 1.90. The largest absolute Gasteiger partial charge is 0.478 e. The molecule has 1 aromatic carbocycles. The number of nitrogens with zero attached hydrogens (tertiary/aromatic N) is 2. The number of aromatic nitrogens is 2. The molecule has 1 aromatic heterocycles. The maximum absolute atomic E-state index is 12.1. The van der Waals surface area contributed by atoms with E-state index in [1.807, 2.05) is 0 Å². The number of hydrogen-bond acceptors (Lipinski definition) is 4. The minimum absolute atomic E-state index is 0.0469. The van der Waals surface area contributed by atoms with Gasteiger partial charge in [-0.3, -0.25) is 9.48 Å². The molecule has 10 heteroatoms. The van der Waals surface area contributed by atoms with Crippen LogP contribution in [0.15, 0.2) is 30.6 Å². The summed E-state index contributed by atoms with van der Waals surface area (Å²) in [5.74, 6) is -1.86. The summed E-state index contributed by atoms with van der Waals surface area (Å²) < 4.78 is 29.5. The number of nitrogens with one attached hydrogen (secondary N) is 1. The van der Waals surface area contributed by atoms with E-state index < -0.39 is 18.5 Å². The number of carbonyl (C=O) groups is 2. The number of ether oxygens (including phenoxy) is 1. The molecule has 2 rings (SSSR count). The predicted octanol–water partition coefficient (Wildman–Crippen LogP) is 2.47. The number of benzene rings is 1. The first-order valence-corrected chi connectivity index (χ1v) is 6.53. The number of aromatic carboxylic acids is 1. The molecular weight excluding hydrogens is 336 g/mol. The molecule has 0 atom stereocenters. The van der Waals surface area contributed by atoms with E-state index in [1.165, 1.54) is 24.4 Å². The molecule has 1 heterocycles. The van der Waals surface area contributed by atoms with Gasteiger partial charge in [0.1, 0.15) is 12.3 Å². The first-order chi connectivity index (χ1) is 10.8. The lowest BCUT2D eigenvalue weighted by atomic mass is 10.3. The highest BCUT2D eigenvalue weighted by molar-refractivity contribution is 6.32. The molecule has 0 bridgehead atoms. The normalized spacial score (nSPS) is 10.6. The zero-order chi connectivity index (χ0) is 17.0. The van der Waals surface area contributed by atoms with E-state index in [0.29, 0.717) is 0 Å². The van der Waals surface area contributed by atoms with Crippen LogP contribution in [0.25, 0.3) is 0 Å². The average Bonchev–Trinajstić information content (AvgIpc) is 2.90. The van der Waals surface area contributed by atoms with Crippen LogP contribution >= 0.6 is 11.6 Å². The van der Waals surface area contributed by atoms with Gasteiger partial charge in [-0.2, -0.15) is 13.9 Å². The molecule has 0 aliphatic heterocycles. The van der Waals surface area contributed by atoms with Gasteiger partial charge < -0.3 is 15.2 Å². The molecule has 7 nitrogen and oxygen atoms in total.